The van der Waals surface area contributed by atoms with Crippen LogP contribution in [0.15, 0.2) is 51.7 Å². The topological polar surface area (TPSA) is 73.2 Å². The smallest absolute Gasteiger partial charge is 0.262 e. The molecule has 1 amide bonds. The van der Waals surface area contributed by atoms with Crippen molar-refractivity contribution in [3.05, 3.63) is 63.1 Å². The third kappa shape index (κ3) is 4.09. The SMILES string of the molecule is O=C(COc1ccc2nc3n(c(=O)c2c1)CCCCC3)Nc1cccc(Br)c1. The maximum atomic E-state index is 12.9. The molecular weight excluding hydrogens is 422 g/mol. The van der Waals surface area contributed by atoms with Crippen molar-refractivity contribution in [1.82, 2.24) is 9.55 Å². The molecule has 2 aromatic carbocycles. The highest BCUT2D eigenvalue weighted by atomic mass is 79.9. The van der Waals surface area contributed by atoms with Crippen molar-refractivity contribution in [1.29, 1.82) is 0 Å². The molecule has 1 aliphatic heterocycles. The number of carbonyl (C=O) groups is 1. The van der Waals surface area contributed by atoms with Crippen molar-refractivity contribution >= 4 is 38.4 Å². The predicted molar refractivity (Wildman–Crippen MR) is 112 cm³/mol. The molecule has 144 valence electrons. The zero-order valence-electron chi connectivity index (χ0n) is 15.3. The second-order valence-electron chi connectivity index (χ2n) is 6.82. The maximum absolute atomic E-state index is 12.9. The molecule has 3 aromatic rings. The van der Waals surface area contributed by atoms with Gasteiger partial charge in [-0.2, -0.15) is 0 Å². The molecular formula is C21H20BrN3O3. The lowest BCUT2D eigenvalue weighted by Gasteiger charge is -2.11. The lowest BCUT2D eigenvalue weighted by molar-refractivity contribution is -0.118. The number of aryl methyl sites for hydroxylation is 1. The maximum Gasteiger partial charge on any atom is 0.262 e. The molecule has 2 heterocycles. The Kier molecular flexibility index (Phi) is 5.43. The van der Waals surface area contributed by atoms with Crippen LogP contribution < -0.4 is 15.6 Å². The number of anilines is 1. The van der Waals surface area contributed by atoms with Crippen LogP contribution in [0.4, 0.5) is 5.69 Å². The fourth-order valence-electron chi connectivity index (χ4n) is 3.40. The summed E-state index contributed by atoms with van der Waals surface area (Å²) in [7, 11) is 0. The van der Waals surface area contributed by atoms with Crippen LogP contribution >= 0.6 is 15.9 Å². The van der Waals surface area contributed by atoms with Gasteiger partial charge >= 0.3 is 0 Å². The van der Waals surface area contributed by atoms with Gasteiger partial charge in [0.2, 0.25) is 0 Å². The van der Waals surface area contributed by atoms with Gasteiger partial charge in [-0.05, 0) is 49.2 Å². The number of benzene rings is 2. The fraction of sp³-hybridized carbons (Fsp3) is 0.286. The van der Waals surface area contributed by atoms with Crippen LogP contribution in [0.1, 0.15) is 25.1 Å². The summed E-state index contributed by atoms with van der Waals surface area (Å²) in [5.41, 5.74) is 1.32. The first-order valence-electron chi connectivity index (χ1n) is 9.32. The third-order valence-electron chi connectivity index (χ3n) is 4.77. The van der Waals surface area contributed by atoms with E-state index in [2.05, 4.69) is 26.2 Å². The molecule has 0 unspecified atom stereocenters. The average molecular weight is 442 g/mol. The van der Waals surface area contributed by atoms with E-state index in [1.165, 1.54) is 0 Å². The predicted octanol–water partition coefficient (Wildman–Crippen LogP) is 3.90. The molecule has 0 radical (unpaired) electrons. The Morgan fingerprint density at radius 3 is 2.93 bits per heavy atom. The van der Waals surface area contributed by atoms with Crippen LogP contribution in [-0.2, 0) is 17.8 Å². The minimum Gasteiger partial charge on any atom is -0.484 e. The van der Waals surface area contributed by atoms with Crippen LogP contribution in [0.3, 0.4) is 0 Å². The van der Waals surface area contributed by atoms with Crippen LogP contribution in [0.2, 0.25) is 0 Å². The summed E-state index contributed by atoms with van der Waals surface area (Å²) < 4.78 is 8.26. The van der Waals surface area contributed by atoms with Gasteiger partial charge in [0.1, 0.15) is 11.6 Å². The quantitative estimate of drug-likeness (QED) is 0.665. The highest BCUT2D eigenvalue weighted by Crippen LogP contribution is 2.20. The molecule has 0 atom stereocenters. The molecule has 0 bridgehead atoms. The molecule has 1 N–H and O–H groups in total. The van der Waals surface area contributed by atoms with Gasteiger partial charge in [-0.3, -0.25) is 14.2 Å². The Hall–Kier alpha value is -2.67. The fourth-order valence-corrected chi connectivity index (χ4v) is 3.80. The molecule has 0 saturated heterocycles. The van der Waals surface area contributed by atoms with E-state index >= 15 is 0 Å². The number of nitrogens with zero attached hydrogens (tertiary/aromatic N) is 2. The van der Waals surface area contributed by atoms with Gasteiger partial charge in [0.25, 0.3) is 11.5 Å². The largest absolute Gasteiger partial charge is 0.484 e. The van der Waals surface area contributed by atoms with Gasteiger partial charge in [-0.25, -0.2) is 4.98 Å². The third-order valence-corrected chi connectivity index (χ3v) is 5.26. The van der Waals surface area contributed by atoms with E-state index in [0.717, 1.165) is 36.0 Å². The van der Waals surface area contributed by atoms with Crippen molar-refractivity contribution in [3.63, 3.8) is 0 Å². The highest BCUT2D eigenvalue weighted by Gasteiger charge is 2.14. The van der Waals surface area contributed by atoms with E-state index in [-0.39, 0.29) is 18.1 Å². The standard InChI is InChI=1S/C21H20BrN3O3/c22-14-5-4-6-15(11-14)23-20(26)13-28-16-8-9-18-17(12-16)21(27)25-10-3-1-2-7-19(25)24-18/h4-6,8-9,11-12H,1-3,7,10,13H2,(H,23,26). The molecule has 1 aliphatic rings. The van der Waals surface area contributed by atoms with E-state index in [4.69, 9.17) is 4.74 Å². The van der Waals surface area contributed by atoms with E-state index in [9.17, 15) is 9.59 Å². The Morgan fingerprint density at radius 2 is 2.07 bits per heavy atom. The lowest BCUT2D eigenvalue weighted by atomic mass is 10.2. The van der Waals surface area contributed by atoms with Crippen LogP contribution in [0.5, 0.6) is 5.75 Å². The molecule has 1 aromatic heterocycles. The number of hydrogen-bond acceptors (Lipinski definition) is 4. The first-order valence-corrected chi connectivity index (χ1v) is 10.1. The van der Waals surface area contributed by atoms with Gasteiger partial charge in [0.05, 0.1) is 10.9 Å². The summed E-state index contributed by atoms with van der Waals surface area (Å²) in [6, 6.07) is 12.5. The normalized spacial score (nSPS) is 13.6. The Balaban J connectivity index is 1.51. The number of carbonyl (C=O) groups excluding carboxylic acids is 1. The van der Waals surface area contributed by atoms with Crippen LogP contribution in [0, 0.1) is 0 Å². The van der Waals surface area contributed by atoms with Gasteiger partial charge < -0.3 is 10.1 Å². The number of ether oxygens (including phenoxy) is 1. The van der Waals surface area contributed by atoms with Crippen LogP contribution in [0.25, 0.3) is 10.9 Å². The number of hydrogen-bond donors (Lipinski definition) is 1. The molecule has 7 heteroatoms. The molecule has 28 heavy (non-hydrogen) atoms. The van der Waals surface area contributed by atoms with E-state index in [1.54, 1.807) is 28.8 Å². The second-order valence-corrected chi connectivity index (χ2v) is 7.74. The molecule has 0 fully saturated rings. The summed E-state index contributed by atoms with van der Waals surface area (Å²) in [5, 5.41) is 3.30. The Bertz CT molecular complexity index is 1090. The van der Waals surface area contributed by atoms with Gasteiger partial charge in [0.15, 0.2) is 6.61 Å². The second kappa shape index (κ2) is 8.14. The summed E-state index contributed by atoms with van der Waals surface area (Å²) in [6.45, 7) is 0.564. The lowest BCUT2D eigenvalue weighted by Crippen LogP contribution is -2.24. The van der Waals surface area contributed by atoms with E-state index in [0.29, 0.717) is 28.9 Å². The molecule has 6 nitrogen and oxygen atoms in total. The van der Waals surface area contributed by atoms with E-state index in [1.807, 2.05) is 18.2 Å². The summed E-state index contributed by atoms with van der Waals surface area (Å²) in [4.78, 5) is 29.7. The zero-order valence-corrected chi connectivity index (χ0v) is 16.9. The minimum atomic E-state index is -0.269. The minimum absolute atomic E-state index is 0.0362. The molecule has 4 rings (SSSR count). The number of nitrogens with one attached hydrogen (secondary N) is 1. The van der Waals surface area contributed by atoms with Gasteiger partial charge in [0, 0.05) is 23.1 Å². The van der Waals surface area contributed by atoms with Crippen molar-refractivity contribution in [2.24, 2.45) is 0 Å². The van der Waals surface area contributed by atoms with Crippen LogP contribution in [-0.4, -0.2) is 22.1 Å². The summed E-state index contributed by atoms with van der Waals surface area (Å²) >= 11 is 3.37. The molecule has 0 aliphatic carbocycles. The number of halogens is 1. The number of aromatic nitrogens is 2. The summed E-state index contributed by atoms with van der Waals surface area (Å²) in [5.74, 6) is 1.07. The molecule has 0 saturated carbocycles. The van der Waals surface area contributed by atoms with E-state index < -0.39 is 0 Å². The number of fused-ring (bicyclic) bond motifs is 2. The summed E-state index contributed by atoms with van der Waals surface area (Å²) in [6.07, 6.45) is 4.00. The van der Waals surface area contributed by atoms with Gasteiger partial charge in [-0.1, -0.05) is 28.4 Å². The average Bonchev–Trinajstić information content (AvgIpc) is 2.92. The number of rotatable bonds is 4. The van der Waals surface area contributed by atoms with Gasteiger partial charge in [-0.15, -0.1) is 0 Å². The van der Waals surface area contributed by atoms with Crippen molar-refractivity contribution in [2.75, 3.05) is 11.9 Å². The molecule has 0 spiro atoms. The Morgan fingerprint density at radius 1 is 1.18 bits per heavy atom. The first-order chi connectivity index (χ1) is 13.6. The Labute approximate surface area is 170 Å². The number of amides is 1. The monoisotopic (exact) mass is 441 g/mol. The van der Waals surface area contributed by atoms with Crippen molar-refractivity contribution in [2.45, 2.75) is 32.2 Å². The van der Waals surface area contributed by atoms with Crippen molar-refractivity contribution < 1.29 is 9.53 Å². The highest BCUT2D eigenvalue weighted by molar-refractivity contribution is 9.10. The van der Waals surface area contributed by atoms with Crippen molar-refractivity contribution in [3.8, 4) is 5.75 Å². The zero-order chi connectivity index (χ0) is 19.5. The first kappa shape index (κ1) is 18.7.